The monoisotopic (exact) mass is 328 g/mol. The van der Waals surface area contributed by atoms with Crippen molar-refractivity contribution < 1.29 is 0 Å². The van der Waals surface area contributed by atoms with Crippen molar-refractivity contribution in [1.29, 1.82) is 0 Å². The SMILES string of the molecule is CCc1ccccc1Cc1cccc(C)c1Cc1ccccc1CC. The van der Waals surface area contributed by atoms with Gasteiger partial charge in [0.2, 0.25) is 0 Å². The van der Waals surface area contributed by atoms with Crippen LogP contribution in [-0.4, -0.2) is 0 Å². The van der Waals surface area contributed by atoms with Crippen LogP contribution in [0.2, 0.25) is 0 Å². The molecule has 0 fully saturated rings. The van der Waals surface area contributed by atoms with Crippen molar-refractivity contribution in [3.8, 4) is 0 Å². The Morgan fingerprint density at radius 1 is 0.520 bits per heavy atom. The van der Waals surface area contributed by atoms with E-state index in [2.05, 4.69) is 87.5 Å². The molecule has 0 saturated carbocycles. The van der Waals surface area contributed by atoms with Crippen LogP contribution in [0.5, 0.6) is 0 Å². The van der Waals surface area contributed by atoms with Gasteiger partial charge in [0, 0.05) is 0 Å². The van der Waals surface area contributed by atoms with Gasteiger partial charge in [-0.15, -0.1) is 0 Å². The van der Waals surface area contributed by atoms with Crippen molar-refractivity contribution >= 4 is 0 Å². The number of benzene rings is 3. The second-order valence-corrected chi connectivity index (χ2v) is 6.81. The molecular formula is C25H28. The van der Waals surface area contributed by atoms with Crippen molar-refractivity contribution in [1.82, 2.24) is 0 Å². The predicted molar refractivity (Wildman–Crippen MR) is 108 cm³/mol. The molecule has 0 heteroatoms. The summed E-state index contributed by atoms with van der Waals surface area (Å²) in [5.41, 5.74) is 10.2. The van der Waals surface area contributed by atoms with E-state index in [-0.39, 0.29) is 0 Å². The van der Waals surface area contributed by atoms with E-state index < -0.39 is 0 Å². The van der Waals surface area contributed by atoms with Crippen LogP contribution in [0.1, 0.15) is 52.8 Å². The van der Waals surface area contributed by atoms with Crippen LogP contribution in [0.3, 0.4) is 0 Å². The molecule has 0 atom stereocenters. The number of hydrogen-bond acceptors (Lipinski definition) is 0. The quantitative estimate of drug-likeness (QED) is 0.498. The fourth-order valence-corrected chi connectivity index (χ4v) is 3.73. The first-order valence-electron chi connectivity index (χ1n) is 9.43. The molecule has 0 unspecified atom stereocenters. The van der Waals surface area contributed by atoms with E-state index in [4.69, 9.17) is 0 Å². The van der Waals surface area contributed by atoms with Gasteiger partial charge in [0.05, 0.1) is 0 Å². The molecule has 25 heavy (non-hydrogen) atoms. The Hall–Kier alpha value is -2.34. The van der Waals surface area contributed by atoms with Gasteiger partial charge in [-0.3, -0.25) is 0 Å². The molecule has 0 heterocycles. The molecule has 0 aliphatic rings. The Labute approximate surface area is 152 Å². The Morgan fingerprint density at radius 3 is 1.56 bits per heavy atom. The minimum Gasteiger partial charge on any atom is -0.0620 e. The molecule has 0 N–H and O–H groups in total. The second kappa shape index (κ2) is 8.16. The molecular weight excluding hydrogens is 300 g/mol. The average molecular weight is 328 g/mol. The minimum atomic E-state index is 1.02. The number of hydrogen-bond donors (Lipinski definition) is 0. The predicted octanol–water partition coefficient (Wildman–Crippen LogP) is 6.30. The summed E-state index contributed by atoms with van der Waals surface area (Å²) in [6.45, 7) is 6.74. The first-order chi connectivity index (χ1) is 12.2. The van der Waals surface area contributed by atoms with Gasteiger partial charge in [-0.25, -0.2) is 0 Å². The number of aryl methyl sites for hydroxylation is 3. The largest absolute Gasteiger partial charge is 0.0620 e. The molecule has 0 aliphatic heterocycles. The summed E-state index contributed by atoms with van der Waals surface area (Å²) in [6, 6.07) is 24.5. The van der Waals surface area contributed by atoms with Crippen molar-refractivity contribution in [3.63, 3.8) is 0 Å². The van der Waals surface area contributed by atoms with Crippen LogP contribution in [0, 0.1) is 6.92 Å². The summed E-state index contributed by atoms with van der Waals surface area (Å²) >= 11 is 0. The van der Waals surface area contributed by atoms with Crippen molar-refractivity contribution in [2.75, 3.05) is 0 Å². The summed E-state index contributed by atoms with van der Waals surface area (Å²) < 4.78 is 0. The fraction of sp³-hybridized carbons (Fsp3) is 0.280. The first kappa shape index (κ1) is 17.5. The van der Waals surface area contributed by atoms with E-state index in [1.165, 1.54) is 38.9 Å². The van der Waals surface area contributed by atoms with Crippen molar-refractivity contribution in [2.24, 2.45) is 0 Å². The van der Waals surface area contributed by atoms with E-state index in [0.29, 0.717) is 0 Å². The summed E-state index contributed by atoms with van der Waals surface area (Å²) in [5, 5.41) is 0. The first-order valence-corrected chi connectivity index (χ1v) is 9.43. The van der Waals surface area contributed by atoms with Gasteiger partial charge in [-0.2, -0.15) is 0 Å². The molecule has 0 amide bonds. The van der Waals surface area contributed by atoms with Crippen LogP contribution in [-0.2, 0) is 25.7 Å². The fourth-order valence-electron chi connectivity index (χ4n) is 3.73. The van der Waals surface area contributed by atoms with E-state index in [1.807, 2.05) is 0 Å². The van der Waals surface area contributed by atoms with Gasteiger partial charge in [-0.05, 0) is 71.6 Å². The highest BCUT2D eigenvalue weighted by Crippen LogP contribution is 2.24. The molecule has 0 radical (unpaired) electrons. The molecule has 128 valence electrons. The maximum absolute atomic E-state index is 2.31. The van der Waals surface area contributed by atoms with Gasteiger partial charge in [0.15, 0.2) is 0 Å². The Morgan fingerprint density at radius 2 is 1.00 bits per heavy atom. The molecule has 3 aromatic rings. The van der Waals surface area contributed by atoms with Gasteiger partial charge in [0.25, 0.3) is 0 Å². The molecule has 3 rings (SSSR count). The lowest BCUT2D eigenvalue weighted by Crippen LogP contribution is -2.03. The summed E-state index contributed by atoms with van der Waals surface area (Å²) in [7, 11) is 0. The van der Waals surface area contributed by atoms with Crippen LogP contribution >= 0.6 is 0 Å². The summed E-state index contributed by atoms with van der Waals surface area (Å²) in [4.78, 5) is 0. The molecule has 0 bridgehead atoms. The smallest absolute Gasteiger partial charge is 0.00176 e. The van der Waals surface area contributed by atoms with E-state index in [0.717, 1.165) is 25.7 Å². The third kappa shape index (κ3) is 4.02. The van der Waals surface area contributed by atoms with Crippen LogP contribution in [0.4, 0.5) is 0 Å². The maximum atomic E-state index is 2.31. The minimum absolute atomic E-state index is 1.02. The summed E-state index contributed by atoms with van der Waals surface area (Å²) in [5.74, 6) is 0. The Kier molecular flexibility index (Phi) is 5.71. The lowest BCUT2D eigenvalue weighted by Gasteiger charge is -2.16. The Balaban J connectivity index is 1.98. The van der Waals surface area contributed by atoms with Crippen LogP contribution < -0.4 is 0 Å². The zero-order chi connectivity index (χ0) is 17.6. The maximum Gasteiger partial charge on any atom is -0.00176 e. The number of rotatable bonds is 6. The molecule has 0 aliphatic carbocycles. The Bertz CT molecular complexity index is 842. The summed E-state index contributed by atoms with van der Waals surface area (Å²) in [6.07, 6.45) is 4.24. The molecule has 0 saturated heterocycles. The van der Waals surface area contributed by atoms with E-state index >= 15 is 0 Å². The highest BCUT2D eigenvalue weighted by molar-refractivity contribution is 5.44. The second-order valence-electron chi connectivity index (χ2n) is 6.81. The molecule has 0 aromatic heterocycles. The normalized spacial score (nSPS) is 10.8. The van der Waals surface area contributed by atoms with Crippen molar-refractivity contribution in [2.45, 2.75) is 46.5 Å². The van der Waals surface area contributed by atoms with Crippen molar-refractivity contribution in [3.05, 3.63) is 106 Å². The highest BCUT2D eigenvalue weighted by Gasteiger charge is 2.11. The zero-order valence-corrected chi connectivity index (χ0v) is 15.7. The lowest BCUT2D eigenvalue weighted by molar-refractivity contribution is 1.01. The van der Waals surface area contributed by atoms with E-state index in [9.17, 15) is 0 Å². The van der Waals surface area contributed by atoms with Crippen LogP contribution in [0.25, 0.3) is 0 Å². The lowest BCUT2D eigenvalue weighted by atomic mass is 9.89. The average Bonchev–Trinajstić information content (AvgIpc) is 2.65. The molecule has 0 nitrogen and oxygen atoms in total. The topological polar surface area (TPSA) is 0 Å². The molecule has 0 spiro atoms. The van der Waals surface area contributed by atoms with Gasteiger partial charge < -0.3 is 0 Å². The van der Waals surface area contributed by atoms with Crippen LogP contribution in [0.15, 0.2) is 66.7 Å². The van der Waals surface area contributed by atoms with E-state index in [1.54, 1.807) is 0 Å². The third-order valence-electron chi connectivity index (χ3n) is 5.25. The third-order valence-corrected chi connectivity index (χ3v) is 5.25. The van der Waals surface area contributed by atoms with Gasteiger partial charge in [0.1, 0.15) is 0 Å². The zero-order valence-electron chi connectivity index (χ0n) is 15.7. The van der Waals surface area contributed by atoms with Gasteiger partial charge >= 0.3 is 0 Å². The standard InChI is InChI=1S/C25H28/c1-4-20-12-6-8-14-22(20)17-24-16-10-11-19(3)25(24)18-23-15-9-7-13-21(23)5-2/h6-16H,4-5,17-18H2,1-3H3. The molecule has 3 aromatic carbocycles. The highest BCUT2D eigenvalue weighted by atomic mass is 14.2. The van der Waals surface area contributed by atoms with Gasteiger partial charge in [-0.1, -0.05) is 80.6 Å².